The Labute approximate surface area is 208 Å². The molecule has 4 atom stereocenters. The van der Waals surface area contributed by atoms with Gasteiger partial charge in [-0.25, -0.2) is 4.98 Å². The molecule has 1 saturated heterocycles. The molecule has 3 aromatic rings. The van der Waals surface area contributed by atoms with E-state index < -0.39 is 17.4 Å². The van der Waals surface area contributed by atoms with E-state index in [4.69, 9.17) is 27.6 Å². The van der Waals surface area contributed by atoms with Gasteiger partial charge in [-0.15, -0.1) is 0 Å². The van der Waals surface area contributed by atoms with E-state index in [0.717, 1.165) is 11.1 Å². The lowest BCUT2D eigenvalue weighted by molar-refractivity contribution is -0.161. The molecule has 0 spiro atoms. The number of oxazole rings is 1. The van der Waals surface area contributed by atoms with Gasteiger partial charge in [0.15, 0.2) is 6.39 Å². The minimum Gasteiger partial charge on any atom is -0.481 e. The maximum Gasteiger partial charge on any atom is 0.304 e. The molecule has 1 aliphatic heterocycles. The number of amides is 1. The third-order valence-corrected chi connectivity index (χ3v) is 7.12. The summed E-state index contributed by atoms with van der Waals surface area (Å²) in [6.45, 7) is 3.70. The number of hydrogen-bond donors (Lipinski definition) is 1. The van der Waals surface area contributed by atoms with Crippen LogP contribution in [0.5, 0.6) is 0 Å². The van der Waals surface area contributed by atoms with E-state index in [1.54, 1.807) is 36.2 Å². The van der Waals surface area contributed by atoms with Crippen molar-refractivity contribution in [2.24, 2.45) is 5.41 Å². The van der Waals surface area contributed by atoms with E-state index in [1.165, 1.54) is 6.39 Å². The molecule has 0 bridgehead atoms. The van der Waals surface area contributed by atoms with Crippen LogP contribution in [0.1, 0.15) is 68.0 Å². The molecular weight excluding hydrogens is 475 g/mol. The maximum absolute atomic E-state index is 14.1. The van der Waals surface area contributed by atoms with Crippen LogP contribution in [0.2, 0.25) is 10.0 Å². The van der Waals surface area contributed by atoms with Gasteiger partial charge >= 0.3 is 5.97 Å². The van der Waals surface area contributed by atoms with E-state index in [9.17, 15) is 14.7 Å². The number of rotatable bonds is 7. The minimum absolute atomic E-state index is 0.209. The van der Waals surface area contributed by atoms with Crippen LogP contribution in [0, 0.1) is 5.41 Å². The number of carbonyl (C=O) groups excluding carboxylic acids is 1. The third-order valence-electron chi connectivity index (χ3n) is 6.63. The molecule has 0 aliphatic carbocycles. The fourth-order valence-electron chi connectivity index (χ4n) is 5.15. The van der Waals surface area contributed by atoms with E-state index in [1.807, 2.05) is 37.3 Å². The molecule has 34 heavy (non-hydrogen) atoms. The number of nitrogens with zero attached hydrogens (tertiary/aromatic N) is 2. The summed E-state index contributed by atoms with van der Waals surface area (Å²) in [7, 11) is 0. The van der Waals surface area contributed by atoms with Gasteiger partial charge < -0.3 is 14.4 Å². The Morgan fingerprint density at radius 3 is 2.53 bits per heavy atom. The first-order valence-corrected chi connectivity index (χ1v) is 11.9. The highest BCUT2D eigenvalue weighted by Crippen LogP contribution is 2.54. The standard InChI is InChI=1S/C26H26Cl2N2O4/c1-3-21(22-14-29-15-34-22)30-24(16-7-9-18(27)10-8-16)20(17-5-4-6-19(28)11-17)12-26(2,25(30)33)13-23(31)32/h4-11,14-15,20-21,24H,3,12-13H2,1-2H3,(H,31,32)/t20-,21?,24-,26-/m1/s1. The second-order valence-corrected chi connectivity index (χ2v) is 9.91. The number of hydrogen-bond acceptors (Lipinski definition) is 4. The Balaban J connectivity index is 1.94. The first kappa shape index (κ1) is 24.3. The van der Waals surface area contributed by atoms with Gasteiger partial charge in [0.05, 0.1) is 30.1 Å². The SMILES string of the molecule is CCC(c1cnco1)N1C(=O)[C@@](C)(CC(=O)O)C[C@H](c2cccc(Cl)c2)[C@H]1c1ccc(Cl)cc1. The zero-order valence-corrected chi connectivity index (χ0v) is 20.5. The molecule has 1 unspecified atom stereocenters. The summed E-state index contributed by atoms with van der Waals surface area (Å²) in [5.74, 6) is -0.896. The van der Waals surface area contributed by atoms with Crippen molar-refractivity contribution in [3.05, 3.63) is 88.1 Å². The third kappa shape index (κ3) is 4.70. The molecule has 178 valence electrons. The molecule has 1 fully saturated rings. The van der Waals surface area contributed by atoms with Gasteiger partial charge in [-0.2, -0.15) is 0 Å². The molecule has 2 aromatic carbocycles. The van der Waals surface area contributed by atoms with Gasteiger partial charge in [0.2, 0.25) is 5.91 Å². The fourth-order valence-corrected chi connectivity index (χ4v) is 5.47. The molecule has 8 heteroatoms. The van der Waals surface area contributed by atoms with Crippen molar-refractivity contribution in [2.75, 3.05) is 0 Å². The van der Waals surface area contributed by atoms with Crippen LogP contribution in [0.25, 0.3) is 0 Å². The van der Waals surface area contributed by atoms with Crippen molar-refractivity contribution in [3.63, 3.8) is 0 Å². The topological polar surface area (TPSA) is 83.6 Å². The number of benzene rings is 2. The monoisotopic (exact) mass is 500 g/mol. The van der Waals surface area contributed by atoms with Crippen molar-refractivity contribution < 1.29 is 19.1 Å². The van der Waals surface area contributed by atoms with Gasteiger partial charge in [0, 0.05) is 16.0 Å². The van der Waals surface area contributed by atoms with Crippen LogP contribution >= 0.6 is 23.2 Å². The van der Waals surface area contributed by atoms with Crippen LogP contribution in [0.4, 0.5) is 0 Å². The van der Waals surface area contributed by atoms with E-state index >= 15 is 0 Å². The molecule has 0 saturated carbocycles. The van der Waals surface area contributed by atoms with Crippen molar-refractivity contribution in [2.45, 2.75) is 51.1 Å². The number of piperidine rings is 1. The number of carbonyl (C=O) groups is 2. The quantitative estimate of drug-likeness (QED) is 0.391. The number of aromatic nitrogens is 1. The van der Waals surface area contributed by atoms with E-state index in [0.29, 0.717) is 28.6 Å². The lowest BCUT2D eigenvalue weighted by atomic mass is 9.67. The Morgan fingerprint density at radius 2 is 1.94 bits per heavy atom. The zero-order chi connectivity index (χ0) is 24.5. The normalized spacial score (nSPS) is 23.6. The smallest absolute Gasteiger partial charge is 0.304 e. The second kappa shape index (κ2) is 9.80. The predicted molar refractivity (Wildman–Crippen MR) is 130 cm³/mol. The van der Waals surface area contributed by atoms with Crippen LogP contribution in [0.3, 0.4) is 0 Å². The fraction of sp³-hybridized carbons (Fsp3) is 0.346. The average molecular weight is 501 g/mol. The lowest BCUT2D eigenvalue weighted by Gasteiger charge is -2.51. The summed E-state index contributed by atoms with van der Waals surface area (Å²) in [6, 6.07) is 14.2. The summed E-state index contributed by atoms with van der Waals surface area (Å²) in [5.41, 5.74) is 0.724. The van der Waals surface area contributed by atoms with Crippen LogP contribution in [-0.2, 0) is 9.59 Å². The lowest BCUT2D eigenvalue weighted by Crippen LogP contribution is -2.53. The molecule has 0 radical (unpaired) electrons. The van der Waals surface area contributed by atoms with Gasteiger partial charge in [-0.1, -0.05) is 61.3 Å². The molecule has 1 amide bonds. The van der Waals surface area contributed by atoms with Crippen LogP contribution < -0.4 is 0 Å². The summed E-state index contributed by atoms with van der Waals surface area (Å²) in [5, 5.41) is 10.9. The zero-order valence-electron chi connectivity index (χ0n) is 18.9. The second-order valence-electron chi connectivity index (χ2n) is 9.03. The van der Waals surface area contributed by atoms with E-state index in [2.05, 4.69) is 4.98 Å². The van der Waals surface area contributed by atoms with Gasteiger partial charge in [0.1, 0.15) is 5.76 Å². The predicted octanol–water partition coefficient (Wildman–Crippen LogP) is 6.67. The molecule has 4 rings (SSSR count). The molecule has 2 heterocycles. The summed E-state index contributed by atoms with van der Waals surface area (Å²) in [6.07, 6.45) is 3.59. The molecule has 6 nitrogen and oxygen atoms in total. The van der Waals surface area contributed by atoms with Crippen molar-refractivity contribution in [1.29, 1.82) is 0 Å². The Morgan fingerprint density at radius 1 is 1.21 bits per heavy atom. The number of carboxylic acid groups (broad SMARTS) is 1. The highest BCUT2D eigenvalue weighted by Gasteiger charge is 2.52. The number of carboxylic acids is 1. The minimum atomic E-state index is -1.12. The van der Waals surface area contributed by atoms with Crippen LogP contribution in [0.15, 0.2) is 65.5 Å². The molecule has 1 aromatic heterocycles. The first-order chi connectivity index (χ1) is 16.2. The molecule has 1 N–H and O–H groups in total. The van der Waals surface area contributed by atoms with Crippen LogP contribution in [-0.4, -0.2) is 26.9 Å². The maximum atomic E-state index is 14.1. The van der Waals surface area contributed by atoms with Crippen molar-refractivity contribution in [3.8, 4) is 0 Å². The Kier molecular flexibility index (Phi) is 7.01. The van der Waals surface area contributed by atoms with Crippen molar-refractivity contribution >= 4 is 35.1 Å². The Hall–Kier alpha value is -2.83. The van der Waals surface area contributed by atoms with Crippen molar-refractivity contribution in [1.82, 2.24) is 9.88 Å². The average Bonchev–Trinajstić information content (AvgIpc) is 3.32. The van der Waals surface area contributed by atoms with E-state index in [-0.39, 0.29) is 24.3 Å². The molecular formula is C26H26Cl2N2O4. The van der Waals surface area contributed by atoms with Gasteiger partial charge in [-0.05, 0) is 48.2 Å². The largest absolute Gasteiger partial charge is 0.481 e. The summed E-state index contributed by atoms with van der Waals surface area (Å²) < 4.78 is 5.64. The van der Waals surface area contributed by atoms with Gasteiger partial charge in [0.25, 0.3) is 0 Å². The molecule has 1 aliphatic rings. The highest BCUT2D eigenvalue weighted by molar-refractivity contribution is 6.30. The highest BCUT2D eigenvalue weighted by atomic mass is 35.5. The number of aliphatic carboxylic acids is 1. The number of halogens is 2. The Bertz CT molecular complexity index is 1170. The first-order valence-electron chi connectivity index (χ1n) is 11.2. The van der Waals surface area contributed by atoms with Gasteiger partial charge in [-0.3, -0.25) is 9.59 Å². The summed E-state index contributed by atoms with van der Waals surface area (Å²) >= 11 is 12.5. The number of likely N-dealkylation sites (tertiary alicyclic amines) is 1. The summed E-state index contributed by atoms with van der Waals surface area (Å²) in [4.78, 5) is 31.8.